The summed E-state index contributed by atoms with van der Waals surface area (Å²) in [4.78, 5) is 2.45. The van der Waals surface area contributed by atoms with E-state index in [2.05, 4.69) is 31.1 Å². The predicted octanol–water partition coefficient (Wildman–Crippen LogP) is 1.33. The van der Waals surface area contributed by atoms with Gasteiger partial charge in [0.1, 0.15) is 0 Å². The van der Waals surface area contributed by atoms with Crippen molar-refractivity contribution in [3.63, 3.8) is 0 Å². The van der Waals surface area contributed by atoms with Crippen molar-refractivity contribution < 1.29 is 0 Å². The van der Waals surface area contributed by atoms with Crippen LogP contribution in [0.25, 0.3) is 0 Å². The molecule has 0 spiro atoms. The molecular formula is C10H22N2. The van der Waals surface area contributed by atoms with Gasteiger partial charge in [0.25, 0.3) is 0 Å². The summed E-state index contributed by atoms with van der Waals surface area (Å²) in [5.74, 6) is 0.865. The van der Waals surface area contributed by atoms with Crippen LogP contribution < -0.4 is 5.32 Å². The molecule has 1 N–H and O–H groups in total. The number of hydrogen-bond donors (Lipinski definition) is 1. The minimum absolute atomic E-state index is 0.774. The van der Waals surface area contributed by atoms with Crippen LogP contribution in [0, 0.1) is 5.92 Å². The van der Waals surface area contributed by atoms with Gasteiger partial charge in [-0.3, -0.25) is 0 Å². The van der Waals surface area contributed by atoms with E-state index < -0.39 is 0 Å². The maximum atomic E-state index is 3.58. The summed E-state index contributed by atoms with van der Waals surface area (Å²) in [5.41, 5.74) is 0. The molecule has 2 unspecified atom stereocenters. The van der Waals surface area contributed by atoms with E-state index in [1.807, 2.05) is 0 Å². The molecule has 2 nitrogen and oxygen atoms in total. The molecular weight excluding hydrogens is 148 g/mol. The lowest BCUT2D eigenvalue weighted by Crippen LogP contribution is -2.47. The molecule has 0 aromatic heterocycles. The van der Waals surface area contributed by atoms with E-state index >= 15 is 0 Å². The zero-order chi connectivity index (χ0) is 8.97. The fraction of sp³-hybridized carbons (Fsp3) is 1.00. The number of hydrogen-bond acceptors (Lipinski definition) is 2. The highest BCUT2D eigenvalue weighted by Crippen LogP contribution is 2.18. The molecule has 0 aromatic rings. The maximum Gasteiger partial charge on any atom is 0.0119 e. The molecule has 0 amide bonds. The van der Waals surface area contributed by atoms with Crippen molar-refractivity contribution in [2.75, 3.05) is 26.7 Å². The normalized spacial score (nSPS) is 32.2. The Labute approximate surface area is 76.3 Å². The van der Waals surface area contributed by atoms with Crippen LogP contribution in [-0.2, 0) is 0 Å². The van der Waals surface area contributed by atoms with E-state index in [0.29, 0.717) is 0 Å². The lowest BCUT2D eigenvalue weighted by Gasteiger charge is -2.36. The van der Waals surface area contributed by atoms with Crippen molar-refractivity contribution >= 4 is 0 Å². The Morgan fingerprint density at radius 2 is 2.17 bits per heavy atom. The van der Waals surface area contributed by atoms with Crippen LogP contribution >= 0.6 is 0 Å². The number of nitrogens with zero attached hydrogens (tertiary/aromatic N) is 1. The van der Waals surface area contributed by atoms with Gasteiger partial charge in [0.05, 0.1) is 0 Å². The molecule has 12 heavy (non-hydrogen) atoms. The van der Waals surface area contributed by atoms with Crippen LogP contribution in [0.1, 0.15) is 26.7 Å². The Morgan fingerprint density at radius 3 is 2.75 bits per heavy atom. The highest BCUT2D eigenvalue weighted by molar-refractivity contribution is 4.82. The topological polar surface area (TPSA) is 15.3 Å². The average Bonchev–Trinajstić information content (AvgIpc) is 2.08. The molecule has 0 saturated carbocycles. The number of rotatable bonds is 3. The van der Waals surface area contributed by atoms with Gasteiger partial charge in [0.15, 0.2) is 0 Å². The Hall–Kier alpha value is -0.0800. The predicted molar refractivity (Wildman–Crippen MR) is 53.4 cm³/mol. The van der Waals surface area contributed by atoms with Crippen LogP contribution in [0.4, 0.5) is 0 Å². The zero-order valence-electron chi connectivity index (χ0n) is 8.64. The van der Waals surface area contributed by atoms with Gasteiger partial charge >= 0.3 is 0 Å². The summed E-state index contributed by atoms with van der Waals surface area (Å²) in [6.07, 6.45) is 2.63. The number of likely N-dealkylation sites (tertiary alicyclic amines) is 1. The molecule has 0 aliphatic carbocycles. The molecule has 0 radical (unpaired) electrons. The molecule has 1 heterocycles. The van der Waals surface area contributed by atoms with Gasteiger partial charge in [0, 0.05) is 12.6 Å². The molecule has 0 bridgehead atoms. The van der Waals surface area contributed by atoms with E-state index in [9.17, 15) is 0 Å². The summed E-state index contributed by atoms with van der Waals surface area (Å²) in [6.45, 7) is 8.15. The van der Waals surface area contributed by atoms with Gasteiger partial charge in [-0.05, 0) is 32.5 Å². The van der Waals surface area contributed by atoms with Gasteiger partial charge in [-0.25, -0.2) is 0 Å². The summed E-state index contributed by atoms with van der Waals surface area (Å²) >= 11 is 0. The number of piperidine rings is 1. The highest BCUT2D eigenvalue weighted by atomic mass is 15.1. The second-order valence-electron chi connectivity index (χ2n) is 3.88. The van der Waals surface area contributed by atoms with Gasteiger partial charge < -0.3 is 10.2 Å². The zero-order valence-corrected chi connectivity index (χ0v) is 8.64. The third kappa shape index (κ3) is 2.46. The van der Waals surface area contributed by atoms with E-state index in [1.54, 1.807) is 0 Å². The Morgan fingerprint density at radius 1 is 1.42 bits per heavy atom. The van der Waals surface area contributed by atoms with Crippen LogP contribution in [0.2, 0.25) is 0 Å². The second-order valence-corrected chi connectivity index (χ2v) is 3.88. The van der Waals surface area contributed by atoms with E-state index in [0.717, 1.165) is 18.5 Å². The van der Waals surface area contributed by atoms with Crippen LogP contribution in [0.3, 0.4) is 0 Å². The molecule has 1 aliphatic heterocycles. The summed E-state index contributed by atoms with van der Waals surface area (Å²) in [5, 5.41) is 3.58. The molecule has 2 heteroatoms. The SMILES string of the molecule is CCNC1CCN(C)CC1CC. The minimum Gasteiger partial charge on any atom is -0.314 e. The molecule has 1 rings (SSSR count). The van der Waals surface area contributed by atoms with Crippen molar-refractivity contribution in [1.82, 2.24) is 10.2 Å². The maximum absolute atomic E-state index is 3.58. The first kappa shape index (κ1) is 10.0. The summed E-state index contributed by atoms with van der Waals surface area (Å²) in [7, 11) is 2.23. The minimum atomic E-state index is 0.774. The Balaban J connectivity index is 2.39. The molecule has 0 aromatic carbocycles. The van der Waals surface area contributed by atoms with Gasteiger partial charge in [-0.15, -0.1) is 0 Å². The van der Waals surface area contributed by atoms with Gasteiger partial charge in [0.2, 0.25) is 0 Å². The first-order valence-electron chi connectivity index (χ1n) is 5.19. The van der Waals surface area contributed by atoms with E-state index in [-0.39, 0.29) is 0 Å². The summed E-state index contributed by atoms with van der Waals surface area (Å²) < 4.78 is 0. The number of nitrogens with one attached hydrogen (secondary N) is 1. The third-order valence-corrected chi connectivity index (χ3v) is 2.93. The van der Waals surface area contributed by atoms with Crippen LogP contribution in [0.15, 0.2) is 0 Å². The fourth-order valence-corrected chi connectivity index (χ4v) is 2.16. The molecule has 2 atom stereocenters. The van der Waals surface area contributed by atoms with Gasteiger partial charge in [-0.2, -0.15) is 0 Å². The second kappa shape index (κ2) is 4.83. The third-order valence-electron chi connectivity index (χ3n) is 2.93. The standard InChI is InChI=1S/C10H22N2/c1-4-9-8-12(3)7-6-10(9)11-5-2/h9-11H,4-8H2,1-3H3. The molecule has 72 valence electrons. The van der Waals surface area contributed by atoms with E-state index in [4.69, 9.17) is 0 Å². The first-order chi connectivity index (χ1) is 5.77. The van der Waals surface area contributed by atoms with Gasteiger partial charge in [-0.1, -0.05) is 20.3 Å². The largest absolute Gasteiger partial charge is 0.314 e. The first-order valence-corrected chi connectivity index (χ1v) is 5.19. The summed E-state index contributed by atoms with van der Waals surface area (Å²) in [6, 6.07) is 0.774. The fourth-order valence-electron chi connectivity index (χ4n) is 2.16. The van der Waals surface area contributed by atoms with Crippen molar-refractivity contribution in [3.05, 3.63) is 0 Å². The average molecular weight is 170 g/mol. The Kier molecular flexibility index (Phi) is 4.02. The lowest BCUT2D eigenvalue weighted by molar-refractivity contribution is 0.161. The molecule has 1 aliphatic rings. The van der Waals surface area contributed by atoms with Crippen LogP contribution in [0.5, 0.6) is 0 Å². The molecule has 1 saturated heterocycles. The quantitative estimate of drug-likeness (QED) is 0.687. The smallest absolute Gasteiger partial charge is 0.0119 e. The highest BCUT2D eigenvalue weighted by Gasteiger charge is 2.24. The van der Waals surface area contributed by atoms with E-state index in [1.165, 1.54) is 25.9 Å². The van der Waals surface area contributed by atoms with Crippen LogP contribution in [-0.4, -0.2) is 37.6 Å². The monoisotopic (exact) mass is 170 g/mol. The van der Waals surface area contributed by atoms with Crippen molar-refractivity contribution in [1.29, 1.82) is 0 Å². The molecule has 1 fully saturated rings. The van der Waals surface area contributed by atoms with Crippen molar-refractivity contribution in [3.8, 4) is 0 Å². The van der Waals surface area contributed by atoms with Crippen molar-refractivity contribution in [2.45, 2.75) is 32.7 Å². The van der Waals surface area contributed by atoms with Crippen molar-refractivity contribution in [2.24, 2.45) is 5.92 Å². The lowest BCUT2D eigenvalue weighted by atomic mass is 9.90. The Bertz CT molecular complexity index is 125.